The predicted molar refractivity (Wildman–Crippen MR) is 69.1 cm³/mol. The van der Waals surface area contributed by atoms with Crippen LogP contribution in [-0.2, 0) is 11.2 Å². The Morgan fingerprint density at radius 2 is 1.94 bits per heavy atom. The smallest absolute Gasteiger partial charge is 0.147 e. The van der Waals surface area contributed by atoms with E-state index in [2.05, 4.69) is 0 Å². The molecule has 0 bridgehead atoms. The summed E-state index contributed by atoms with van der Waals surface area (Å²) in [5.41, 5.74) is 2.11. The highest BCUT2D eigenvalue weighted by Crippen LogP contribution is 2.45. The molecule has 0 aromatic heterocycles. The summed E-state index contributed by atoms with van der Waals surface area (Å²) >= 11 is 1.68. The second-order valence-electron chi connectivity index (χ2n) is 3.97. The van der Waals surface area contributed by atoms with Crippen molar-refractivity contribution >= 4 is 17.5 Å². The molecule has 92 valence electrons. The van der Waals surface area contributed by atoms with Gasteiger partial charge in [-0.1, -0.05) is 0 Å². The number of benzene rings is 1. The molecule has 1 aromatic rings. The van der Waals surface area contributed by atoms with E-state index in [1.165, 1.54) is 0 Å². The van der Waals surface area contributed by atoms with Crippen molar-refractivity contribution in [2.24, 2.45) is 0 Å². The Kier molecular flexibility index (Phi) is 3.62. The summed E-state index contributed by atoms with van der Waals surface area (Å²) in [6.45, 7) is 1.63. The lowest BCUT2D eigenvalue weighted by atomic mass is 9.97. The van der Waals surface area contributed by atoms with E-state index in [1.54, 1.807) is 32.9 Å². The first kappa shape index (κ1) is 12.3. The molecular weight excluding hydrogens is 236 g/mol. The van der Waals surface area contributed by atoms with Crippen molar-refractivity contribution in [3.05, 3.63) is 23.3 Å². The molecule has 1 aliphatic rings. The molecule has 0 spiro atoms. The van der Waals surface area contributed by atoms with Crippen molar-refractivity contribution < 1.29 is 14.3 Å². The SMILES string of the molecule is COc1ccc(OC)c2c1CCSC2C(C)=O. The number of carbonyl (C=O) groups excluding carboxylic acids is 1. The lowest BCUT2D eigenvalue weighted by molar-refractivity contribution is -0.116. The Hall–Kier alpha value is -1.16. The van der Waals surface area contributed by atoms with Crippen molar-refractivity contribution in [2.75, 3.05) is 20.0 Å². The number of Topliss-reactive ketones (excluding diaryl/α,β-unsaturated/α-hetero) is 1. The maximum absolute atomic E-state index is 11.7. The van der Waals surface area contributed by atoms with Gasteiger partial charge in [-0.05, 0) is 31.2 Å². The van der Waals surface area contributed by atoms with Gasteiger partial charge in [0, 0.05) is 11.1 Å². The number of methoxy groups -OCH3 is 2. The summed E-state index contributed by atoms with van der Waals surface area (Å²) in [4.78, 5) is 11.7. The van der Waals surface area contributed by atoms with Gasteiger partial charge in [0.1, 0.15) is 17.3 Å². The molecule has 17 heavy (non-hydrogen) atoms. The molecular formula is C13H16O3S. The fourth-order valence-corrected chi connectivity index (χ4v) is 3.44. The van der Waals surface area contributed by atoms with Gasteiger partial charge in [0.25, 0.3) is 0 Å². The molecule has 0 fully saturated rings. The van der Waals surface area contributed by atoms with Crippen LogP contribution >= 0.6 is 11.8 Å². The molecule has 0 saturated heterocycles. The van der Waals surface area contributed by atoms with Gasteiger partial charge in [0.05, 0.1) is 19.5 Å². The number of fused-ring (bicyclic) bond motifs is 1. The number of hydrogen-bond acceptors (Lipinski definition) is 4. The van der Waals surface area contributed by atoms with Gasteiger partial charge in [-0.15, -0.1) is 11.8 Å². The molecule has 0 saturated carbocycles. The van der Waals surface area contributed by atoms with Gasteiger partial charge in [0.2, 0.25) is 0 Å². The number of rotatable bonds is 3. The van der Waals surface area contributed by atoms with Gasteiger partial charge in [-0.3, -0.25) is 4.79 Å². The fraction of sp³-hybridized carbons (Fsp3) is 0.462. The van der Waals surface area contributed by atoms with Crippen molar-refractivity contribution in [3.8, 4) is 11.5 Å². The second-order valence-corrected chi connectivity index (χ2v) is 5.19. The van der Waals surface area contributed by atoms with E-state index >= 15 is 0 Å². The monoisotopic (exact) mass is 252 g/mol. The molecule has 1 aromatic carbocycles. The minimum atomic E-state index is -0.121. The third-order valence-corrected chi connectivity index (χ3v) is 4.32. The molecule has 4 heteroatoms. The second kappa shape index (κ2) is 5.00. The van der Waals surface area contributed by atoms with Gasteiger partial charge in [0.15, 0.2) is 0 Å². The minimum absolute atomic E-state index is 0.121. The highest BCUT2D eigenvalue weighted by molar-refractivity contribution is 8.00. The normalized spacial score (nSPS) is 18.4. The Morgan fingerprint density at radius 1 is 1.29 bits per heavy atom. The van der Waals surface area contributed by atoms with Crippen LogP contribution in [0.15, 0.2) is 12.1 Å². The first-order valence-electron chi connectivity index (χ1n) is 5.54. The standard InChI is InChI=1S/C13H16O3S/c1-8(14)13-12-9(6-7-17-13)10(15-2)4-5-11(12)16-3/h4-5,13H,6-7H2,1-3H3. The van der Waals surface area contributed by atoms with Crippen LogP contribution in [0.5, 0.6) is 11.5 Å². The van der Waals surface area contributed by atoms with E-state index in [0.717, 1.165) is 34.8 Å². The molecule has 1 heterocycles. The van der Waals surface area contributed by atoms with Crippen molar-refractivity contribution in [1.29, 1.82) is 0 Å². The Labute approximate surface area is 105 Å². The van der Waals surface area contributed by atoms with E-state index in [1.807, 2.05) is 12.1 Å². The number of ketones is 1. The Balaban J connectivity index is 2.60. The van der Waals surface area contributed by atoms with Gasteiger partial charge in [-0.25, -0.2) is 0 Å². The number of carbonyl (C=O) groups is 1. The molecule has 2 rings (SSSR count). The van der Waals surface area contributed by atoms with E-state index < -0.39 is 0 Å². The highest BCUT2D eigenvalue weighted by Gasteiger charge is 2.29. The Bertz CT molecular complexity index is 443. The zero-order valence-electron chi connectivity index (χ0n) is 10.3. The first-order valence-corrected chi connectivity index (χ1v) is 6.59. The summed E-state index contributed by atoms with van der Waals surface area (Å²) in [6, 6.07) is 3.78. The number of ether oxygens (including phenoxy) is 2. The third-order valence-electron chi connectivity index (χ3n) is 2.98. The third kappa shape index (κ3) is 2.14. The summed E-state index contributed by atoms with van der Waals surface area (Å²) in [5.74, 6) is 2.75. The topological polar surface area (TPSA) is 35.5 Å². The summed E-state index contributed by atoms with van der Waals surface area (Å²) in [7, 11) is 3.30. The highest BCUT2D eigenvalue weighted by atomic mass is 32.2. The van der Waals surface area contributed by atoms with Gasteiger partial charge < -0.3 is 9.47 Å². The Morgan fingerprint density at radius 3 is 2.53 bits per heavy atom. The maximum atomic E-state index is 11.7. The van der Waals surface area contributed by atoms with Crippen LogP contribution in [0.2, 0.25) is 0 Å². The molecule has 1 aliphatic heterocycles. The summed E-state index contributed by atoms with van der Waals surface area (Å²) in [5, 5.41) is -0.121. The van der Waals surface area contributed by atoms with Crippen LogP contribution in [0, 0.1) is 0 Å². The van der Waals surface area contributed by atoms with Crippen LogP contribution in [0.1, 0.15) is 23.3 Å². The average molecular weight is 252 g/mol. The van der Waals surface area contributed by atoms with Crippen LogP contribution in [0.4, 0.5) is 0 Å². The molecule has 0 amide bonds. The molecule has 0 aliphatic carbocycles. The van der Waals surface area contributed by atoms with Crippen molar-refractivity contribution in [3.63, 3.8) is 0 Å². The molecule has 0 radical (unpaired) electrons. The predicted octanol–water partition coefficient (Wildman–Crippen LogP) is 2.62. The van der Waals surface area contributed by atoms with Crippen molar-refractivity contribution in [1.82, 2.24) is 0 Å². The lowest BCUT2D eigenvalue weighted by Gasteiger charge is -2.26. The zero-order chi connectivity index (χ0) is 12.4. The first-order chi connectivity index (χ1) is 8.19. The van der Waals surface area contributed by atoms with Crippen LogP contribution in [0.3, 0.4) is 0 Å². The minimum Gasteiger partial charge on any atom is -0.496 e. The maximum Gasteiger partial charge on any atom is 0.147 e. The van der Waals surface area contributed by atoms with E-state index in [0.29, 0.717) is 0 Å². The van der Waals surface area contributed by atoms with Crippen LogP contribution < -0.4 is 9.47 Å². The van der Waals surface area contributed by atoms with E-state index in [4.69, 9.17) is 9.47 Å². The molecule has 1 unspecified atom stereocenters. The molecule has 0 N–H and O–H groups in total. The lowest BCUT2D eigenvalue weighted by Crippen LogP contribution is -2.16. The van der Waals surface area contributed by atoms with Gasteiger partial charge >= 0.3 is 0 Å². The molecule has 3 nitrogen and oxygen atoms in total. The van der Waals surface area contributed by atoms with Crippen LogP contribution in [0.25, 0.3) is 0 Å². The van der Waals surface area contributed by atoms with Crippen LogP contribution in [-0.4, -0.2) is 25.8 Å². The summed E-state index contributed by atoms with van der Waals surface area (Å²) < 4.78 is 10.7. The fourth-order valence-electron chi connectivity index (χ4n) is 2.22. The molecule has 1 atom stereocenters. The quantitative estimate of drug-likeness (QED) is 0.828. The van der Waals surface area contributed by atoms with E-state index in [9.17, 15) is 4.79 Å². The largest absolute Gasteiger partial charge is 0.496 e. The zero-order valence-corrected chi connectivity index (χ0v) is 11.1. The van der Waals surface area contributed by atoms with Gasteiger partial charge in [-0.2, -0.15) is 0 Å². The average Bonchev–Trinajstić information content (AvgIpc) is 2.36. The number of thioether (sulfide) groups is 1. The van der Waals surface area contributed by atoms with Crippen molar-refractivity contribution in [2.45, 2.75) is 18.6 Å². The van der Waals surface area contributed by atoms with E-state index in [-0.39, 0.29) is 11.0 Å². The summed E-state index contributed by atoms with van der Waals surface area (Å²) in [6.07, 6.45) is 0.921. The number of hydrogen-bond donors (Lipinski definition) is 0.